The van der Waals surface area contributed by atoms with Crippen molar-refractivity contribution >= 4 is 5.97 Å². The van der Waals surface area contributed by atoms with Gasteiger partial charge in [0.2, 0.25) is 0 Å². The van der Waals surface area contributed by atoms with Crippen molar-refractivity contribution in [2.75, 3.05) is 0 Å². The molecule has 0 heterocycles. The van der Waals surface area contributed by atoms with Gasteiger partial charge in [-0.3, -0.25) is 4.79 Å². The van der Waals surface area contributed by atoms with Crippen molar-refractivity contribution in [3.8, 4) is 11.5 Å². The first-order chi connectivity index (χ1) is 13.5. The Labute approximate surface area is 166 Å². The van der Waals surface area contributed by atoms with Gasteiger partial charge in [0.15, 0.2) is 0 Å². The summed E-state index contributed by atoms with van der Waals surface area (Å²) < 4.78 is 5.87. The lowest BCUT2D eigenvalue weighted by Crippen LogP contribution is -2.14. The maximum Gasteiger partial charge on any atom is 0.311 e. The molecular weight excluding hydrogens is 348 g/mol. The maximum absolute atomic E-state index is 11.9. The first kappa shape index (κ1) is 19.7. The second kappa shape index (κ2) is 9.23. The molecule has 3 nitrogen and oxygen atoms in total. The monoisotopic (exact) mass is 374 g/mol. The number of carbonyl (C=O) groups is 1. The first-order valence-corrected chi connectivity index (χ1v) is 9.65. The molecule has 1 N–H and O–H groups in total. The Kier molecular flexibility index (Phi) is 6.49. The fraction of sp³-hybridized carbons (Fsp3) is 0.240. The molecule has 0 aliphatic carbocycles. The van der Waals surface area contributed by atoms with Crippen LogP contribution in [0.4, 0.5) is 0 Å². The van der Waals surface area contributed by atoms with Crippen LogP contribution in [0.3, 0.4) is 0 Å². The summed E-state index contributed by atoms with van der Waals surface area (Å²) >= 11 is 0. The number of carboxylic acid groups (broad SMARTS) is 1. The molecule has 0 aliphatic heterocycles. The Hall–Kier alpha value is -3.07. The zero-order valence-electron chi connectivity index (χ0n) is 16.3. The minimum absolute atomic E-state index is 0.421. The number of carboxylic acids is 1. The van der Waals surface area contributed by atoms with Crippen LogP contribution in [-0.2, 0) is 17.6 Å². The van der Waals surface area contributed by atoms with Crippen LogP contribution in [0.5, 0.6) is 11.5 Å². The van der Waals surface area contributed by atoms with E-state index in [4.69, 9.17) is 4.74 Å². The lowest BCUT2D eigenvalue weighted by atomic mass is 9.90. The van der Waals surface area contributed by atoms with Crippen LogP contribution in [0.25, 0.3) is 0 Å². The van der Waals surface area contributed by atoms with E-state index in [0.717, 1.165) is 23.3 Å². The summed E-state index contributed by atoms with van der Waals surface area (Å²) in [6.07, 6.45) is 1.42. The summed E-state index contributed by atoms with van der Waals surface area (Å²) in [6, 6.07) is 25.2. The molecule has 1 unspecified atom stereocenters. The third kappa shape index (κ3) is 5.46. The van der Waals surface area contributed by atoms with Crippen molar-refractivity contribution in [2.45, 2.75) is 32.6 Å². The van der Waals surface area contributed by atoms with E-state index in [1.165, 1.54) is 5.56 Å². The predicted molar refractivity (Wildman–Crippen MR) is 112 cm³/mol. The van der Waals surface area contributed by atoms with Crippen molar-refractivity contribution in [3.05, 3.63) is 95.6 Å². The lowest BCUT2D eigenvalue weighted by molar-refractivity contribution is -0.138. The fourth-order valence-electron chi connectivity index (χ4n) is 3.30. The summed E-state index contributed by atoms with van der Waals surface area (Å²) in [6.45, 7) is 4.36. The highest BCUT2D eigenvalue weighted by Crippen LogP contribution is 2.26. The molecule has 3 rings (SSSR count). The molecule has 3 heteroatoms. The average Bonchev–Trinajstić information content (AvgIpc) is 2.67. The van der Waals surface area contributed by atoms with E-state index in [1.54, 1.807) is 0 Å². The van der Waals surface area contributed by atoms with Gasteiger partial charge < -0.3 is 9.84 Å². The maximum atomic E-state index is 11.9. The van der Waals surface area contributed by atoms with Crippen LogP contribution in [-0.4, -0.2) is 11.1 Å². The normalized spacial score (nSPS) is 12.0. The zero-order chi connectivity index (χ0) is 19.9. The predicted octanol–water partition coefficient (Wildman–Crippen LogP) is 6.09. The van der Waals surface area contributed by atoms with Crippen molar-refractivity contribution < 1.29 is 14.6 Å². The van der Waals surface area contributed by atoms with Crippen LogP contribution < -0.4 is 4.74 Å². The van der Waals surface area contributed by atoms with Crippen LogP contribution in [0.2, 0.25) is 0 Å². The minimum Gasteiger partial charge on any atom is -0.481 e. The molecule has 144 valence electrons. The van der Waals surface area contributed by atoms with Gasteiger partial charge in [-0.1, -0.05) is 68.4 Å². The van der Waals surface area contributed by atoms with Crippen molar-refractivity contribution in [3.63, 3.8) is 0 Å². The molecule has 0 radical (unpaired) electrons. The molecule has 0 aliphatic rings. The Balaban J connectivity index is 1.75. The van der Waals surface area contributed by atoms with E-state index in [9.17, 15) is 9.90 Å². The molecule has 1 atom stereocenters. The van der Waals surface area contributed by atoms with Crippen LogP contribution in [0.1, 0.15) is 36.5 Å². The van der Waals surface area contributed by atoms with E-state index in [-0.39, 0.29) is 0 Å². The topological polar surface area (TPSA) is 46.5 Å². The number of hydrogen-bond donors (Lipinski definition) is 1. The van der Waals surface area contributed by atoms with E-state index < -0.39 is 11.9 Å². The van der Waals surface area contributed by atoms with E-state index in [2.05, 4.69) is 13.8 Å². The molecule has 0 fully saturated rings. The zero-order valence-corrected chi connectivity index (χ0v) is 16.3. The Morgan fingerprint density at radius 2 is 1.50 bits per heavy atom. The largest absolute Gasteiger partial charge is 0.481 e. The van der Waals surface area contributed by atoms with Crippen LogP contribution in [0, 0.1) is 5.92 Å². The van der Waals surface area contributed by atoms with E-state index >= 15 is 0 Å². The van der Waals surface area contributed by atoms with Gasteiger partial charge >= 0.3 is 5.97 Å². The number of para-hydroxylation sites is 1. The molecule has 0 spiro atoms. The molecule has 28 heavy (non-hydrogen) atoms. The summed E-state index contributed by atoms with van der Waals surface area (Å²) in [5, 5.41) is 9.78. The van der Waals surface area contributed by atoms with Gasteiger partial charge in [0, 0.05) is 0 Å². The number of hydrogen-bond acceptors (Lipinski definition) is 2. The van der Waals surface area contributed by atoms with Crippen LogP contribution >= 0.6 is 0 Å². The van der Waals surface area contributed by atoms with Gasteiger partial charge in [-0.15, -0.1) is 0 Å². The van der Waals surface area contributed by atoms with Gasteiger partial charge in [0.25, 0.3) is 0 Å². The van der Waals surface area contributed by atoms with E-state index in [0.29, 0.717) is 18.1 Å². The molecule has 0 saturated heterocycles. The van der Waals surface area contributed by atoms with Gasteiger partial charge in [0.05, 0.1) is 5.92 Å². The molecule has 0 saturated carbocycles. The molecule has 0 bridgehead atoms. The Bertz CT molecular complexity index is 899. The second-order valence-electron chi connectivity index (χ2n) is 7.50. The SMILES string of the molecule is CC(C)Cc1ccc(C(Cc2cccc(Oc3ccccc3)c2)C(=O)O)cc1. The van der Waals surface area contributed by atoms with Crippen molar-refractivity contribution in [1.29, 1.82) is 0 Å². The van der Waals surface area contributed by atoms with Gasteiger partial charge in [0.1, 0.15) is 11.5 Å². The van der Waals surface area contributed by atoms with Crippen LogP contribution in [0.15, 0.2) is 78.9 Å². The van der Waals surface area contributed by atoms with Crippen molar-refractivity contribution in [2.24, 2.45) is 5.92 Å². The van der Waals surface area contributed by atoms with Gasteiger partial charge in [-0.05, 0) is 59.7 Å². The highest BCUT2D eigenvalue weighted by Gasteiger charge is 2.20. The summed E-state index contributed by atoms with van der Waals surface area (Å²) in [5.41, 5.74) is 3.00. The standard InChI is InChI=1S/C25H26O3/c1-18(2)15-19-11-13-21(14-12-19)24(25(26)27)17-20-7-6-10-23(16-20)28-22-8-4-3-5-9-22/h3-14,16,18,24H,15,17H2,1-2H3,(H,26,27). The number of benzene rings is 3. The Morgan fingerprint density at radius 1 is 0.821 bits per heavy atom. The average molecular weight is 374 g/mol. The number of aliphatic carboxylic acids is 1. The summed E-state index contributed by atoms with van der Waals surface area (Å²) in [7, 11) is 0. The second-order valence-corrected chi connectivity index (χ2v) is 7.50. The first-order valence-electron chi connectivity index (χ1n) is 9.65. The molecule has 3 aromatic rings. The third-order valence-corrected chi connectivity index (χ3v) is 4.64. The highest BCUT2D eigenvalue weighted by molar-refractivity contribution is 5.76. The number of rotatable bonds is 8. The molecule has 0 amide bonds. The van der Waals surface area contributed by atoms with E-state index in [1.807, 2.05) is 78.9 Å². The molecule has 3 aromatic carbocycles. The number of ether oxygens (including phenoxy) is 1. The quantitative estimate of drug-likeness (QED) is 0.519. The molecule has 0 aromatic heterocycles. The van der Waals surface area contributed by atoms with Crippen molar-refractivity contribution in [1.82, 2.24) is 0 Å². The fourth-order valence-corrected chi connectivity index (χ4v) is 3.30. The highest BCUT2D eigenvalue weighted by atomic mass is 16.5. The summed E-state index contributed by atoms with van der Waals surface area (Å²) in [5.74, 6) is 0.648. The smallest absolute Gasteiger partial charge is 0.311 e. The Morgan fingerprint density at radius 3 is 2.14 bits per heavy atom. The summed E-state index contributed by atoms with van der Waals surface area (Å²) in [4.78, 5) is 11.9. The third-order valence-electron chi connectivity index (χ3n) is 4.64. The van der Waals surface area contributed by atoms with Gasteiger partial charge in [-0.2, -0.15) is 0 Å². The lowest BCUT2D eigenvalue weighted by Gasteiger charge is -2.15. The minimum atomic E-state index is -0.814. The van der Waals surface area contributed by atoms with Gasteiger partial charge in [-0.25, -0.2) is 0 Å². The molecular formula is C25H26O3.